The largest absolute Gasteiger partial charge is 0.507 e. The minimum absolute atomic E-state index is 0.207. The van der Waals surface area contributed by atoms with Crippen molar-refractivity contribution < 1.29 is 24.2 Å². The molecular weight excluding hydrogens is 350 g/mol. The van der Waals surface area contributed by atoms with Crippen LogP contribution in [-0.4, -0.2) is 28.4 Å². The Morgan fingerprint density at radius 1 is 1.04 bits per heavy atom. The van der Waals surface area contributed by atoms with E-state index in [2.05, 4.69) is 15.0 Å². The molecule has 4 rings (SSSR count). The van der Waals surface area contributed by atoms with Gasteiger partial charge in [-0.3, -0.25) is 4.99 Å². The second kappa shape index (κ2) is 6.34. The van der Waals surface area contributed by atoms with E-state index in [1.807, 2.05) is 0 Å². The molecule has 0 bridgehead atoms. The zero-order valence-corrected chi connectivity index (χ0v) is 13.7. The van der Waals surface area contributed by atoms with Crippen LogP contribution in [0.1, 0.15) is 16.1 Å². The minimum Gasteiger partial charge on any atom is -0.507 e. The molecule has 2 amide bonds. The van der Waals surface area contributed by atoms with Crippen molar-refractivity contribution in [2.45, 2.75) is 0 Å². The maximum Gasteiger partial charge on any atom is 0.368 e. The van der Waals surface area contributed by atoms with Crippen LogP contribution in [0.5, 0.6) is 5.75 Å². The van der Waals surface area contributed by atoms with Crippen molar-refractivity contribution in [1.29, 1.82) is 0 Å². The molecule has 2 heterocycles. The molecule has 0 aliphatic carbocycles. The van der Waals surface area contributed by atoms with E-state index in [-0.39, 0.29) is 11.3 Å². The number of carbonyl (C=O) groups excluding carboxylic acids is 1. The number of hydrogen-bond donors (Lipinski definition) is 2. The number of aromatic hydroxyl groups is 1. The van der Waals surface area contributed by atoms with Crippen LogP contribution in [0.15, 0.2) is 67.9 Å². The van der Waals surface area contributed by atoms with Gasteiger partial charge in [0.2, 0.25) is 0 Å². The quantitative estimate of drug-likeness (QED) is 0.691. The Hall–Kier alpha value is -4.07. The van der Waals surface area contributed by atoms with Gasteiger partial charge in [0, 0.05) is 5.56 Å². The molecule has 132 valence electrons. The Kier molecular flexibility index (Phi) is 3.85. The predicted octanol–water partition coefficient (Wildman–Crippen LogP) is 2.47. The van der Waals surface area contributed by atoms with Gasteiger partial charge in [-0.15, -0.1) is 0 Å². The normalized spacial score (nSPS) is 12.7. The van der Waals surface area contributed by atoms with Gasteiger partial charge in [0.15, 0.2) is 0 Å². The van der Waals surface area contributed by atoms with Crippen molar-refractivity contribution in [3.05, 3.63) is 70.6 Å². The predicted molar refractivity (Wildman–Crippen MR) is 94.2 cm³/mol. The lowest BCUT2D eigenvalue weighted by Crippen LogP contribution is -2.20. The summed E-state index contributed by atoms with van der Waals surface area (Å²) in [7, 11) is 0. The van der Waals surface area contributed by atoms with Crippen LogP contribution in [0.25, 0.3) is 11.3 Å². The lowest BCUT2D eigenvalue weighted by atomic mass is 10.1. The number of phenols is 1. The molecule has 0 spiro atoms. The van der Waals surface area contributed by atoms with E-state index in [0.29, 0.717) is 33.5 Å². The van der Waals surface area contributed by atoms with Gasteiger partial charge in [-0.05, 0) is 48.5 Å². The molecule has 1 aromatic heterocycles. The van der Waals surface area contributed by atoms with Gasteiger partial charge in [0.05, 0.1) is 22.6 Å². The molecule has 0 saturated carbocycles. The molecule has 2 N–H and O–H groups in total. The molecule has 27 heavy (non-hydrogen) atoms. The number of aliphatic imine (C=N–C) groups is 1. The number of fused-ring (bicyclic) bond motifs is 1. The molecule has 0 saturated heterocycles. The zero-order valence-electron chi connectivity index (χ0n) is 13.7. The first kappa shape index (κ1) is 16.4. The van der Waals surface area contributed by atoms with Gasteiger partial charge in [-0.2, -0.15) is 9.98 Å². The highest BCUT2D eigenvalue weighted by Gasteiger charge is 2.13. The third-order valence-corrected chi connectivity index (χ3v) is 3.87. The molecule has 8 heteroatoms. The number of carboxylic acid groups (broad SMARTS) is 1. The van der Waals surface area contributed by atoms with Crippen LogP contribution in [0.3, 0.4) is 0 Å². The number of carbonyl (C=O) groups is 2. The molecule has 1 aliphatic rings. The molecule has 0 atom stereocenters. The number of carboxylic acids is 1. The third kappa shape index (κ3) is 3.23. The van der Waals surface area contributed by atoms with Gasteiger partial charge in [0.25, 0.3) is 0 Å². The fourth-order valence-electron chi connectivity index (χ4n) is 2.58. The number of amides is 2. The SMILES string of the molecule is O=C1N=c2ccc(N=Cc3ccc(-c4ccc(O)c(C(=O)O)c4)o3)cc2=N1. The molecule has 1 aliphatic heterocycles. The Labute approximate surface area is 151 Å². The molecule has 0 fully saturated rings. The fourth-order valence-corrected chi connectivity index (χ4v) is 2.58. The molecule has 3 aromatic rings. The number of hydrogen-bond acceptors (Lipinski definition) is 5. The first-order chi connectivity index (χ1) is 13.0. The molecule has 0 unspecified atom stereocenters. The van der Waals surface area contributed by atoms with Crippen molar-refractivity contribution in [1.82, 2.24) is 0 Å². The highest BCUT2D eigenvalue weighted by atomic mass is 16.4. The highest BCUT2D eigenvalue weighted by molar-refractivity contribution is 5.92. The lowest BCUT2D eigenvalue weighted by Gasteiger charge is -2.02. The average molecular weight is 361 g/mol. The summed E-state index contributed by atoms with van der Waals surface area (Å²) in [4.78, 5) is 34.1. The summed E-state index contributed by atoms with van der Waals surface area (Å²) in [6.45, 7) is 0. The van der Waals surface area contributed by atoms with Gasteiger partial charge in [0.1, 0.15) is 22.8 Å². The summed E-state index contributed by atoms with van der Waals surface area (Å²) in [6, 6.07) is 12.0. The van der Waals surface area contributed by atoms with E-state index in [9.17, 15) is 14.7 Å². The summed E-state index contributed by atoms with van der Waals surface area (Å²) < 4.78 is 5.66. The Bertz CT molecular complexity index is 1240. The Morgan fingerprint density at radius 3 is 2.67 bits per heavy atom. The van der Waals surface area contributed by atoms with Gasteiger partial charge < -0.3 is 14.6 Å². The van der Waals surface area contributed by atoms with Crippen molar-refractivity contribution in [2.24, 2.45) is 15.0 Å². The fraction of sp³-hybridized carbons (Fsp3) is 0. The van der Waals surface area contributed by atoms with Crippen molar-refractivity contribution in [3.8, 4) is 17.1 Å². The standard InChI is InChI=1S/C19H11N3O5/c23-16-5-1-10(7-13(16)18(24)25)17-6-3-12(27-17)9-20-11-2-4-14-15(8-11)22-19(26)21-14/h1-9,23H,(H,24,25). The van der Waals surface area contributed by atoms with E-state index in [1.54, 1.807) is 36.4 Å². The Balaban J connectivity index is 1.60. The number of rotatable bonds is 4. The highest BCUT2D eigenvalue weighted by Crippen LogP contribution is 2.27. The second-order valence-electron chi connectivity index (χ2n) is 5.68. The Morgan fingerprint density at radius 2 is 1.85 bits per heavy atom. The number of nitrogens with zero attached hydrogens (tertiary/aromatic N) is 3. The summed E-state index contributed by atoms with van der Waals surface area (Å²) in [6.07, 6.45) is 1.50. The van der Waals surface area contributed by atoms with E-state index >= 15 is 0 Å². The first-order valence-electron chi connectivity index (χ1n) is 7.82. The van der Waals surface area contributed by atoms with E-state index in [0.717, 1.165) is 0 Å². The van der Waals surface area contributed by atoms with Crippen LogP contribution in [0, 0.1) is 0 Å². The second-order valence-corrected chi connectivity index (χ2v) is 5.68. The molecule has 0 radical (unpaired) electrons. The van der Waals surface area contributed by atoms with Crippen LogP contribution in [0.2, 0.25) is 0 Å². The van der Waals surface area contributed by atoms with Gasteiger partial charge in [-0.1, -0.05) is 0 Å². The maximum atomic E-state index is 11.2. The zero-order chi connectivity index (χ0) is 19.0. The number of urea groups is 1. The van der Waals surface area contributed by atoms with E-state index in [1.165, 1.54) is 18.3 Å². The maximum absolute atomic E-state index is 11.2. The number of furan rings is 1. The van der Waals surface area contributed by atoms with E-state index < -0.39 is 12.0 Å². The van der Waals surface area contributed by atoms with Crippen LogP contribution in [0.4, 0.5) is 10.5 Å². The van der Waals surface area contributed by atoms with Crippen molar-refractivity contribution >= 4 is 23.9 Å². The first-order valence-corrected chi connectivity index (χ1v) is 7.82. The smallest absolute Gasteiger partial charge is 0.368 e. The monoisotopic (exact) mass is 361 g/mol. The number of aromatic carboxylic acids is 1. The number of benzene rings is 2. The van der Waals surface area contributed by atoms with Gasteiger partial charge >= 0.3 is 12.0 Å². The van der Waals surface area contributed by atoms with Crippen molar-refractivity contribution in [2.75, 3.05) is 0 Å². The molecular formula is C19H11N3O5. The summed E-state index contributed by atoms with van der Waals surface area (Å²) in [5, 5.41) is 19.7. The topological polar surface area (TPSA) is 125 Å². The summed E-state index contributed by atoms with van der Waals surface area (Å²) in [5.41, 5.74) is 0.889. The lowest BCUT2D eigenvalue weighted by molar-refractivity contribution is 0.0693. The third-order valence-electron chi connectivity index (χ3n) is 3.87. The van der Waals surface area contributed by atoms with E-state index in [4.69, 9.17) is 9.52 Å². The van der Waals surface area contributed by atoms with Crippen LogP contribution < -0.4 is 10.7 Å². The summed E-state index contributed by atoms with van der Waals surface area (Å²) in [5.74, 6) is -0.651. The molecule has 8 nitrogen and oxygen atoms in total. The van der Waals surface area contributed by atoms with Gasteiger partial charge in [-0.25, -0.2) is 9.59 Å². The van der Waals surface area contributed by atoms with Crippen molar-refractivity contribution in [3.63, 3.8) is 0 Å². The minimum atomic E-state index is -1.23. The van der Waals surface area contributed by atoms with Crippen LogP contribution in [-0.2, 0) is 0 Å². The average Bonchev–Trinajstić information content (AvgIpc) is 3.25. The summed E-state index contributed by atoms with van der Waals surface area (Å²) >= 11 is 0. The van der Waals surface area contributed by atoms with Crippen LogP contribution >= 0.6 is 0 Å². The molecule has 2 aromatic carbocycles.